The maximum absolute atomic E-state index is 13.5. The van der Waals surface area contributed by atoms with Crippen molar-refractivity contribution in [3.63, 3.8) is 0 Å². The molecule has 3 atom stereocenters. The minimum Gasteiger partial charge on any atom is -0.377 e. The Labute approximate surface area is 204 Å². The van der Waals surface area contributed by atoms with E-state index in [4.69, 9.17) is 10.5 Å². The van der Waals surface area contributed by atoms with E-state index in [1.807, 2.05) is 11.4 Å². The number of nitrogens with one attached hydrogen (secondary N) is 1. The van der Waals surface area contributed by atoms with Crippen LogP contribution in [-0.4, -0.2) is 72.6 Å². The number of thiophene rings is 1. The van der Waals surface area contributed by atoms with Gasteiger partial charge in [0.15, 0.2) is 0 Å². The van der Waals surface area contributed by atoms with Gasteiger partial charge in [-0.15, -0.1) is 11.3 Å². The third-order valence-electron chi connectivity index (χ3n) is 6.59. The largest absolute Gasteiger partial charge is 0.377 e. The summed E-state index contributed by atoms with van der Waals surface area (Å²) in [4.78, 5) is 31.0. The van der Waals surface area contributed by atoms with Crippen LogP contribution in [0.5, 0.6) is 0 Å². The van der Waals surface area contributed by atoms with Gasteiger partial charge in [0, 0.05) is 45.4 Å². The highest BCUT2D eigenvalue weighted by Crippen LogP contribution is 2.28. The van der Waals surface area contributed by atoms with E-state index < -0.39 is 6.04 Å². The molecule has 1 aromatic heterocycles. The van der Waals surface area contributed by atoms with Crippen molar-refractivity contribution >= 4 is 23.2 Å². The summed E-state index contributed by atoms with van der Waals surface area (Å²) in [5.74, 6) is -0.532. The van der Waals surface area contributed by atoms with Gasteiger partial charge in [-0.05, 0) is 54.8 Å². The van der Waals surface area contributed by atoms with Gasteiger partial charge in [0.25, 0.3) is 5.91 Å². The highest BCUT2D eigenvalue weighted by Gasteiger charge is 2.39. The molecule has 34 heavy (non-hydrogen) atoms. The van der Waals surface area contributed by atoms with E-state index in [0.29, 0.717) is 37.5 Å². The Morgan fingerprint density at radius 3 is 2.74 bits per heavy atom. The molecule has 2 aliphatic heterocycles. The first kappa shape index (κ1) is 24.8. The quantitative estimate of drug-likeness (QED) is 0.567. The van der Waals surface area contributed by atoms with Gasteiger partial charge in [-0.3, -0.25) is 14.5 Å². The van der Waals surface area contributed by atoms with Crippen LogP contribution in [0.4, 0.5) is 4.39 Å². The van der Waals surface area contributed by atoms with Crippen LogP contribution >= 0.6 is 11.3 Å². The number of nitrogens with two attached hydrogens (primary N) is 1. The molecule has 184 valence electrons. The van der Waals surface area contributed by atoms with Crippen LogP contribution in [0.1, 0.15) is 40.9 Å². The molecule has 0 bridgehead atoms. The minimum absolute atomic E-state index is 0.0928. The third-order valence-corrected chi connectivity index (χ3v) is 7.45. The number of nitrogens with zero attached hydrogens (tertiary/aromatic N) is 2. The van der Waals surface area contributed by atoms with Gasteiger partial charge < -0.3 is 20.7 Å². The Bertz CT molecular complexity index is 934. The van der Waals surface area contributed by atoms with Gasteiger partial charge in [-0.25, -0.2) is 4.39 Å². The summed E-state index contributed by atoms with van der Waals surface area (Å²) in [6.07, 6.45) is 3.49. The Balaban J connectivity index is 1.53. The van der Waals surface area contributed by atoms with Crippen LogP contribution in [0.15, 0.2) is 41.8 Å². The van der Waals surface area contributed by atoms with Crippen molar-refractivity contribution in [2.24, 2.45) is 5.73 Å². The first-order valence-electron chi connectivity index (χ1n) is 12.0. The summed E-state index contributed by atoms with van der Waals surface area (Å²) in [5, 5.41) is 4.75. The minimum atomic E-state index is -0.569. The number of carbonyl (C=O) groups is 2. The SMILES string of the molecule is NCCNC(=O)[C@H]1CC(N(Cc2ccc(F)cc2)CC2CCCO2)CCN1C(=O)c1cccs1. The van der Waals surface area contributed by atoms with Crippen LogP contribution in [-0.2, 0) is 16.1 Å². The first-order valence-corrected chi connectivity index (χ1v) is 12.9. The smallest absolute Gasteiger partial charge is 0.264 e. The molecule has 9 heteroatoms. The topological polar surface area (TPSA) is 87.9 Å². The molecular weight excluding hydrogens is 455 g/mol. The van der Waals surface area contributed by atoms with E-state index in [1.165, 1.54) is 23.5 Å². The van der Waals surface area contributed by atoms with Crippen molar-refractivity contribution < 1.29 is 18.7 Å². The van der Waals surface area contributed by atoms with Gasteiger partial charge in [0.2, 0.25) is 5.91 Å². The van der Waals surface area contributed by atoms with E-state index in [-0.39, 0.29) is 29.8 Å². The molecule has 3 N–H and O–H groups in total. The molecule has 2 aromatic rings. The van der Waals surface area contributed by atoms with Crippen molar-refractivity contribution in [3.8, 4) is 0 Å². The predicted molar refractivity (Wildman–Crippen MR) is 130 cm³/mol. The molecule has 7 nitrogen and oxygen atoms in total. The molecule has 0 aliphatic carbocycles. The van der Waals surface area contributed by atoms with Crippen LogP contribution in [0.3, 0.4) is 0 Å². The van der Waals surface area contributed by atoms with Crippen molar-refractivity contribution in [1.82, 2.24) is 15.1 Å². The molecule has 1 aromatic carbocycles. The van der Waals surface area contributed by atoms with Crippen molar-refractivity contribution in [3.05, 3.63) is 58.0 Å². The summed E-state index contributed by atoms with van der Waals surface area (Å²) in [5.41, 5.74) is 6.61. The summed E-state index contributed by atoms with van der Waals surface area (Å²) < 4.78 is 19.4. The fraction of sp³-hybridized carbons (Fsp3) is 0.520. The number of hydrogen-bond donors (Lipinski definition) is 2. The zero-order chi connectivity index (χ0) is 23.9. The lowest BCUT2D eigenvalue weighted by Crippen LogP contribution is -2.58. The zero-order valence-corrected chi connectivity index (χ0v) is 20.1. The van der Waals surface area contributed by atoms with E-state index in [0.717, 1.165) is 38.0 Å². The fourth-order valence-electron chi connectivity index (χ4n) is 4.84. The van der Waals surface area contributed by atoms with Crippen molar-refractivity contribution in [2.75, 3.05) is 32.8 Å². The van der Waals surface area contributed by atoms with Gasteiger partial charge >= 0.3 is 0 Å². The van der Waals surface area contributed by atoms with E-state index in [2.05, 4.69) is 10.2 Å². The normalized spacial score (nSPS) is 22.8. The number of benzene rings is 1. The average Bonchev–Trinajstić information content (AvgIpc) is 3.57. The third kappa shape index (κ3) is 6.21. The lowest BCUT2D eigenvalue weighted by atomic mass is 9.93. The standard InChI is InChI=1S/C25H33FN4O3S/c26-19-7-5-18(6-8-19)16-29(17-21-3-1-13-33-21)20-9-12-30(25(32)23-4-2-14-34-23)22(15-20)24(31)28-11-10-27/h2,4-8,14,20-22H,1,3,9-13,15-17,27H2,(H,28,31)/t20?,21?,22-/m1/s1. The molecule has 2 fully saturated rings. The van der Waals surface area contributed by atoms with Gasteiger partial charge in [-0.2, -0.15) is 0 Å². The van der Waals surface area contributed by atoms with Crippen molar-refractivity contribution in [1.29, 1.82) is 0 Å². The van der Waals surface area contributed by atoms with E-state index in [9.17, 15) is 14.0 Å². The van der Waals surface area contributed by atoms with Gasteiger partial charge in [-0.1, -0.05) is 18.2 Å². The Morgan fingerprint density at radius 1 is 1.24 bits per heavy atom. The van der Waals surface area contributed by atoms with Crippen LogP contribution in [0.25, 0.3) is 0 Å². The molecule has 0 spiro atoms. The monoisotopic (exact) mass is 488 g/mol. The number of rotatable bonds is 9. The number of halogens is 1. The number of amides is 2. The maximum atomic E-state index is 13.5. The number of ether oxygens (including phenoxy) is 1. The lowest BCUT2D eigenvalue weighted by molar-refractivity contribution is -0.127. The molecule has 0 saturated carbocycles. The number of likely N-dealkylation sites (tertiary alicyclic amines) is 1. The molecule has 2 aliphatic rings. The van der Waals surface area contributed by atoms with Crippen LogP contribution < -0.4 is 11.1 Å². The molecule has 0 radical (unpaired) electrons. The molecule has 2 saturated heterocycles. The molecule has 2 unspecified atom stereocenters. The number of piperidine rings is 1. The van der Waals surface area contributed by atoms with Crippen molar-refractivity contribution in [2.45, 2.75) is 50.4 Å². The Kier molecular flexibility index (Phi) is 8.66. The predicted octanol–water partition coefficient (Wildman–Crippen LogP) is 2.62. The second-order valence-corrected chi connectivity index (χ2v) is 9.89. The number of hydrogen-bond acceptors (Lipinski definition) is 6. The molecular formula is C25H33FN4O3S. The second kappa shape index (κ2) is 11.9. The summed E-state index contributed by atoms with van der Waals surface area (Å²) in [6, 6.07) is 9.73. The summed E-state index contributed by atoms with van der Waals surface area (Å²) in [6.45, 7) is 3.37. The first-order chi connectivity index (χ1) is 16.5. The summed E-state index contributed by atoms with van der Waals surface area (Å²) in [7, 11) is 0. The molecule has 2 amide bonds. The average molecular weight is 489 g/mol. The fourth-order valence-corrected chi connectivity index (χ4v) is 5.52. The van der Waals surface area contributed by atoms with E-state index >= 15 is 0 Å². The highest BCUT2D eigenvalue weighted by molar-refractivity contribution is 7.12. The number of carbonyl (C=O) groups excluding carboxylic acids is 2. The molecule has 3 heterocycles. The second-order valence-electron chi connectivity index (χ2n) is 8.94. The van der Waals surface area contributed by atoms with Crippen LogP contribution in [0.2, 0.25) is 0 Å². The zero-order valence-electron chi connectivity index (χ0n) is 19.3. The Morgan fingerprint density at radius 2 is 2.06 bits per heavy atom. The Hall–Kier alpha value is -2.33. The van der Waals surface area contributed by atoms with Crippen LogP contribution in [0, 0.1) is 5.82 Å². The maximum Gasteiger partial charge on any atom is 0.264 e. The highest BCUT2D eigenvalue weighted by atomic mass is 32.1. The lowest BCUT2D eigenvalue weighted by Gasteiger charge is -2.43. The van der Waals surface area contributed by atoms with Gasteiger partial charge in [0.1, 0.15) is 11.9 Å². The van der Waals surface area contributed by atoms with E-state index in [1.54, 1.807) is 23.1 Å². The molecule has 4 rings (SSSR count). The summed E-state index contributed by atoms with van der Waals surface area (Å²) >= 11 is 1.39. The van der Waals surface area contributed by atoms with Gasteiger partial charge in [0.05, 0.1) is 11.0 Å².